The maximum atomic E-state index is 11.5. The van der Waals surface area contributed by atoms with Gasteiger partial charge in [0.2, 0.25) is 0 Å². The average molecular weight is 344 g/mol. The lowest BCUT2D eigenvalue weighted by Crippen LogP contribution is -1.98. The van der Waals surface area contributed by atoms with Gasteiger partial charge in [-0.25, -0.2) is 4.79 Å². The Balaban J connectivity index is 1.63. The van der Waals surface area contributed by atoms with E-state index in [1.54, 1.807) is 0 Å². The number of benzene rings is 1. The standard InChI is InChI=1S/C21H28O4/c1-16-14-21(24)25-19-15-17(12-13-18(16)19)10-8-6-4-2-3-5-7-9-11-20(22)23/h12-15H,2-11H2,1H3,(H,22,23). The molecule has 0 bridgehead atoms. The van der Waals surface area contributed by atoms with E-state index in [0.29, 0.717) is 12.0 Å². The lowest BCUT2D eigenvalue weighted by Gasteiger charge is -2.05. The summed E-state index contributed by atoms with van der Waals surface area (Å²) in [7, 11) is 0. The third kappa shape index (κ3) is 6.73. The largest absolute Gasteiger partial charge is 0.481 e. The Labute approximate surface area is 148 Å². The number of rotatable bonds is 11. The van der Waals surface area contributed by atoms with Gasteiger partial charge in [0, 0.05) is 17.9 Å². The number of carboxylic acid groups (broad SMARTS) is 1. The summed E-state index contributed by atoms with van der Waals surface area (Å²) in [5, 5.41) is 9.58. The van der Waals surface area contributed by atoms with Gasteiger partial charge < -0.3 is 9.52 Å². The van der Waals surface area contributed by atoms with E-state index in [4.69, 9.17) is 9.52 Å². The van der Waals surface area contributed by atoms with Crippen LogP contribution in [-0.2, 0) is 11.2 Å². The Morgan fingerprint density at radius 3 is 2.28 bits per heavy atom. The summed E-state index contributed by atoms with van der Waals surface area (Å²) in [5.41, 5.74) is 2.57. The minimum absolute atomic E-state index is 0.287. The molecule has 2 rings (SSSR count). The number of carbonyl (C=O) groups is 1. The van der Waals surface area contributed by atoms with Crippen LogP contribution in [0, 0.1) is 6.92 Å². The van der Waals surface area contributed by atoms with Crippen LogP contribution in [0.4, 0.5) is 0 Å². The fraction of sp³-hybridized carbons (Fsp3) is 0.524. The molecule has 0 aliphatic carbocycles. The van der Waals surface area contributed by atoms with Crippen molar-refractivity contribution in [1.29, 1.82) is 0 Å². The molecule has 0 aliphatic rings. The fourth-order valence-corrected chi connectivity index (χ4v) is 3.19. The predicted octanol–water partition coefficient (Wildman–Crippen LogP) is 5.24. The first kappa shape index (κ1) is 19.2. The van der Waals surface area contributed by atoms with Crippen LogP contribution in [0.15, 0.2) is 33.5 Å². The van der Waals surface area contributed by atoms with Crippen LogP contribution in [0.1, 0.15) is 68.9 Å². The molecule has 0 atom stereocenters. The zero-order valence-corrected chi connectivity index (χ0v) is 15.1. The first-order chi connectivity index (χ1) is 12.1. The van der Waals surface area contributed by atoms with E-state index < -0.39 is 5.97 Å². The number of aliphatic carboxylic acids is 1. The van der Waals surface area contributed by atoms with Crippen molar-refractivity contribution in [3.8, 4) is 0 Å². The first-order valence-corrected chi connectivity index (χ1v) is 9.31. The summed E-state index contributed by atoms with van der Waals surface area (Å²) in [4.78, 5) is 21.9. The van der Waals surface area contributed by atoms with E-state index in [9.17, 15) is 9.59 Å². The van der Waals surface area contributed by atoms with Crippen LogP contribution in [0.3, 0.4) is 0 Å². The predicted molar refractivity (Wildman–Crippen MR) is 100 cm³/mol. The smallest absolute Gasteiger partial charge is 0.336 e. The normalized spacial score (nSPS) is 11.1. The molecule has 4 nitrogen and oxygen atoms in total. The monoisotopic (exact) mass is 344 g/mol. The second kappa shape index (κ2) is 10.0. The van der Waals surface area contributed by atoms with Gasteiger partial charge in [0.15, 0.2) is 0 Å². The van der Waals surface area contributed by atoms with Gasteiger partial charge in [0.1, 0.15) is 5.58 Å². The van der Waals surface area contributed by atoms with E-state index in [-0.39, 0.29) is 5.63 Å². The zero-order chi connectivity index (χ0) is 18.1. The molecule has 1 heterocycles. The first-order valence-electron chi connectivity index (χ1n) is 9.31. The van der Waals surface area contributed by atoms with E-state index in [1.807, 2.05) is 19.1 Å². The molecule has 1 aromatic heterocycles. The quantitative estimate of drug-likeness (QED) is 0.447. The van der Waals surface area contributed by atoms with Crippen molar-refractivity contribution in [3.63, 3.8) is 0 Å². The van der Waals surface area contributed by atoms with E-state index >= 15 is 0 Å². The highest BCUT2D eigenvalue weighted by atomic mass is 16.4. The molecule has 1 N–H and O–H groups in total. The Morgan fingerprint density at radius 2 is 1.60 bits per heavy atom. The molecule has 0 unspecified atom stereocenters. The highest BCUT2D eigenvalue weighted by molar-refractivity contribution is 5.80. The average Bonchev–Trinajstić information content (AvgIpc) is 2.55. The Kier molecular flexibility index (Phi) is 7.71. The summed E-state index contributed by atoms with van der Waals surface area (Å²) in [6.45, 7) is 1.93. The minimum Gasteiger partial charge on any atom is -0.481 e. The van der Waals surface area contributed by atoms with Gasteiger partial charge in [-0.3, -0.25) is 4.79 Å². The third-order valence-corrected chi connectivity index (χ3v) is 4.62. The molecule has 0 spiro atoms. The lowest BCUT2D eigenvalue weighted by molar-refractivity contribution is -0.137. The van der Waals surface area contributed by atoms with Gasteiger partial charge in [0.25, 0.3) is 0 Å². The second-order valence-electron chi connectivity index (χ2n) is 6.80. The Hall–Kier alpha value is -2.10. The zero-order valence-electron chi connectivity index (χ0n) is 15.1. The number of carboxylic acids is 1. The van der Waals surface area contributed by atoms with Gasteiger partial charge in [-0.2, -0.15) is 0 Å². The molecule has 0 fully saturated rings. The maximum absolute atomic E-state index is 11.5. The van der Waals surface area contributed by atoms with Gasteiger partial charge in [-0.15, -0.1) is 0 Å². The summed E-state index contributed by atoms with van der Waals surface area (Å²) in [5.74, 6) is -0.692. The summed E-state index contributed by atoms with van der Waals surface area (Å²) in [6, 6.07) is 7.69. The molecule has 2 aromatic rings. The Morgan fingerprint density at radius 1 is 0.960 bits per heavy atom. The highest BCUT2D eigenvalue weighted by Crippen LogP contribution is 2.19. The third-order valence-electron chi connectivity index (χ3n) is 4.62. The van der Waals surface area contributed by atoms with Crippen LogP contribution < -0.4 is 5.63 Å². The Bertz CT molecular complexity index is 745. The number of aryl methyl sites for hydroxylation is 2. The molecule has 4 heteroatoms. The van der Waals surface area contributed by atoms with Crippen LogP contribution in [0.5, 0.6) is 0 Å². The SMILES string of the molecule is Cc1cc(=O)oc2cc(CCCCCCCCCCC(=O)O)ccc12. The van der Waals surface area contributed by atoms with Crippen molar-refractivity contribution in [2.24, 2.45) is 0 Å². The summed E-state index contributed by atoms with van der Waals surface area (Å²) in [6.07, 6.45) is 10.2. The van der Waals surface area contributed by atoms with Crippen molar-refractivity contribution >= 4 is 16.9 Å². The minimum atomic E-state index is -0.692. The molecule has 1 aromatic carbocycles. The van der Waals surface area contributed by atoms with Gasteiger partial charge in [-0.1, -0.05) is 50.7 Å². The molecule has 0 radical (unpaired) electrons. The number of hydrogen-bond donors (Lipinski definition) is 1. The van der Waals surface area contributed by atoms with E-state index in [1.165, 1.54) is 37.3 Å². The van der Waals surface area contributed by atoms with Crippen molar-refractivity contribution in [2.75, 3.05) is 0 Å². The number of hydrogen-bond acceptors (Lipinski definition) is 3. The van der Waals surface area contributed by atoms with Crippen LogP contribution >= 0.6 is 0 Å². The summed E-state index contributed by atoms with van der Waals surface area (Å²) < 4.78 is 5.30. The van der Waals surface area contributed by atoms with Crippen LogP contribution in [0.2, 0.25) is 0 Å². The van der Waals surface area contributed by atoms with Crippen LogP contribution in [-0.4, -0.2) is 11.1 Å². The molecule has 0 saturated carbocycles. The van der Waals surface area contributed by atoms with Crippen molar-refractivity contribution in [1.82, 2.24) is 0 Å². The fourth-order valence-electron chi connectivity index (χ4n) is 3.19. The van der Waals surface area contributed by atoms with Crippen LogP contribution in [0.25, 0.3) is 11.0 Å². The molecule has 0 aliphatic heterocycles. The molecule has 136 valence electrons. The van der Waals surface area contributed by atoms with Gasteiger partial charge in [-0.05, 0) is 43.4 Å². The van der Waals surface area contributed by atoms with Gasteiger partial charge >= 0.3 is 11.6 Å². The van der Waals surface area contributed by atoms with Crippen molar-refractivity contribution < 1.29 is 14.3 Å². The molecular formula is C21H28O4. The number of fused-ring (bicyclic) bond motifs is 1. The topological polar surface area (TPSA) is 67.5 Å². The molecule has 25 heavy (non-hydrogen) atoms. The van der Waals surface area contributed by atoms with Crippen molar-refractivity contribution in [3.05, 3.63) is 45.8 Å². The molecule has 0 saturated heterocycles. The molecule has 0 amide bonds. The maximum Gasteiger partial charge on any atom is 0.336 e. The molecular weight excluding hydrogens is 316 g/mol. The highest BCUT2D eigenvalue weighted by Gasteiger charge is 2.03. The summed E-state index contributed by atoms with van der Waals surface area (Å²) >= 11 is 0. The number of unbranched alkanes of at least 4 members (excludes halogenated alkanes) is 7. The second-order valence-corrected chi connectivity index (χ2v) is 6.80. The lowest BCUT2D eigenvalue weighted by atomic mass is 10.0. The van der Waals surface area contributed by atoms with Crippen molar-refractivity contribution in [2.45, 2.75) is 71.1 Å². The van der Waals surface area contributed by atoms with Gasteiger partial charge in [0.05, 0.1) is 0 Å². The van der Waals surface area contributed by atoms with E-state index in [2.05, 4.69) is 6.07 Å². The van der Waals surface area contributed by atoms with E-state index in [0.717, 1.165) is 43.1 Å².